The molecular weight excluding hydrogens is 364 g/mol. The summed E-state index contributed by atoms with van der Waals surface area (Å²) in [6.45, 7) is 3.49. The molecule has 0 heterocycles. The molecule has 0 atom stereocenters. The number of carbonyl (C=O) groups excluding carboxylic acids is 1. The minimum Gasteiger partial charge on any atom is -0.495 e. The minimum atomic E-state index is -3.97. The van der Waals surface area contributed by atoms with Gasteiger partial charge in [-0.2, -0.15) is 0 Å². The first-order chi connectivity index (χ1) is 11.7. The van der Waals surface area contributed by atoms with E-state index in [-0.39, 0.29) is 33.2 Å². The van der Waals surface area contributed by atoms with E-state index < -0.39 is 10.0 Å². The van der Waals surface area contributed by atoms with E-state index in [0.717, 1.165) is 0 Å². The summed E-state index contributed by atoms with van der Waals surface area (Å²) in [6, 6.07) is 10.9. The van der Waals surface area contributed by atoms with Gasteiger partial charge in [-0.15, -0.1) is 0 Å². The highest BCUT2D eigenvalue weighted by Crippen LogP contribution is 2.30. The molecule has 0 unspecified atom stereocenters. The van der Waals surface area contributed by atoms with Gasteiger partial charge in [0.25, 0.3) is 10.0 Å². The van der Waals surface area contributed by atoms with Gasteiger partial charge in [-0.25, -0.2) is 8.42 Å². The van der Waals surface area contributed by atoms with Crippen molar-refractivity contribution in [1.82, 2.24) is 0 Å². The Morgan fingerprint density at radius 1 is 1.16 bits per heavy atom. The number of hydrogen-bond donors (Lipinski definition) is 2. The molecule has 0 saturated heterocycles. The number of amides is 1. The first-order valence-corrected chi connectivity index (χ1v) is 9.37. The van der Waals surface area contributed by atoms with Crippen LogP contribution in [0.1, 0.15) is 13.8 Å². The monoisotopic (exact) mass is 382 g/mol. The van der Waals surface area contributed by atoms with Crippen LogP contribution in [0.4, 0.5) is 11.4 Å². The van der Waals surface area contributed by atoms with Crippen LogP contribution in [0.25, 0.3) is 0 Å². The molecule has 0 aliphatic rings. The zero-order valence-electron chi connectivity index (χ0n) is 14.0. The number of rotatable bonds is 6. The van der Waals surface area contributed by atoms with Crippen LogP contribution in [0.15, 0.2) is 47.4 Å². The van der Waals surface area contributed by atoms with E-state index in [0.29, 0.717) is 5.69 Å². The highest BCUT2D eigenvalue weighted by Gasteiger charge is 2.22. The van der Waals surface area contributed by atoms with Gasteiger partial charge in [-0.3, -0.25) is 9.52 Å². The molecule has 0 radical (unpaired) electrons. The Hall–Kier alpha value is -2.25. The van der Waals surface area contributed by atoms with E-state index in [2.05, 4.69) is 10.0 Å². The number of benzene rings is 2. The van der Waals surface area contributed by atoms with Crippen molar-refractivity contribution in [3.05, 3.63) is 47.5 Å². The fourth-order valence-electron chi connectivity index (χ4n) is 1.99. The van der Waals surface area contributed by atoms with E-state index >= 15 is 0 Å². The molecule has 25 heavy (non-hydrogen) atoms. The van der Waals surface area contributed by atoms with E-state index in [1.165, 1.54) is 19.2 Å². The van der Waals surface area contributed by atoms with Crippen LogP contribution in [0, 0.1) is 5.92 Å². The third-order valence-corrected chi connectivity index (χ3v) is 5.08. The molecule has 134 valence electrons. The lowest BCUT2D eigenvalue weighted by atomic mass is 10.2. The van der Waals surface area contributed by atoms with Gasteiger partial charge in [0.15, 0.2) is 0 Å². The van der Waals surface area contributed by atoms with E-state index in [1.54, 1.807) is 44.2 Å². The maximum absolute atomic E-state index is 12.7. The van der Waals surface area contributed by atoms with Crippen molar-refractivity contribution >= 4 is 38.9 Å². The van der Waals surface area contributed by atoms with Crippen molar-refractivity contribution in [3.8, 4) is 5.75 Å². The molecule has 0 spiro atoms. The van der Waals surface area contributed by atoms with Gasteiger partial charge >= 0.3 is 0 Å². The van der Waals surface area contributed by atoms with Crippen LogP contribution < -0.4 is 14.8 Å². The molecule has 6 nitrogen and oxygen atoms in total. The molecule has 2 N–H and O–H groups in total. The summed E-state index contributed by atoms with van der Waals surface area (Å²) in [6.07, 6.45) is 0. The molecule has 0 fully saturated rings. The number of sulfonamides is 1. The Kier molecular flexibility index (Phi) is 5.92. The lowest BCUT2D eigenvalue weighted by Crippen LogP contribution is -2.19. The average molecular weight is 383 g/mol. The molecule has 2 rings (SSSR count). The maximum Gasteiger partial charge on any atom is 0.265 e. The standard InChI is InChI=1S/C17H19ClN2O4S/c1-11(2)17(21)19-12-8-9-15(24-3)16(10-12)25(22,23)20-14-7-5-4-6-13(14)18/h4-11,20H,1-3H3,(H,19,21). The summed E-state index contributed by atoms with van der Waals surface area (Å²) in [4.78, 5) is 11.7. The van der Waals surface area contributed by atoms with Crippen molar-refractivity contribution < 1.29 is 17.9 Å². The Bertz CT molecular complexity index is 882. The smallest absolute Gasteiger partial charge is 0.265 e. The molecule has 0 aliphatic carbocycles. The zero-order chi connectivity index (χ0) is 18.6. The van der Waals surface area contributed by atoms with E-state index in [4.69, 9.17) is 16.3 Å². The second-order valence-corrected chi connectivity index (χ2v) is 7.65. The number of halogens is 1. The van der Waals surface area contributed by atoms with Gasteiger partial charge in [-0.05, 0) is 30.3 Å². The lowest BCUT2D eigenvalue weighted by molar-refractivity contribution is -0.118. The summed E-state index contributed by atoms with van der Waals surface area (Å²) < 4.78 is 33.1. The maximum atomic E-state index is 12.7. The first-order valence-electron chi connectivity index (χ1n) is 7.51. The number of methoxy groups -OCH3 is 1. The molecule has 8 heteroatoms. The molecule has 2 aromatic rings. The zero-order valence-corrected chi connectivity index (χ0v) is 15.6. The predicted octanol–water partition coefficient (Wildman–Crippen LogP) is 3.74. The van der Waals surface area contributed by atoms with Gasteiger partial charge in [0, 0.05) is 11.6 Å². The predicted molar refractivity (Wildman–Crippen MR) is 98.7 cm³/mol. The van der Waals surface area contributed by atoms with Crippen molar-refractivity contribution in [2.75, 3.05) is 17.1 Å². The topological polar surface area (TPSA) is 84.5 Å². The molecule has 0 aromatic heterocycles. The van der Waals surface area contributed by atoms with Crippen molar-refractivity contribution in [2.24, 2.45) is 5.92 Å². The summed E-state index contributed by atoms with van der Waals surface area (Å²) in [7, 11) is -2.60. The van der Waals surface area contributed by atoms with Crippen LogP contribution in [0.5, 0.6) is 5.75 Å². The molecule has 2 aromatic carbocycles. The highest BCUT2D eigenvalue weighted by atomic mass is 35.5. The fourth-order valence-corrected chi connectivity index (χ4v) is 3.51. The number of hydrogen-bond acceptors (Lipinski definition) is 4. The Morgan fingerprint density at radius 3 is 2.44 bits per heavy atom. The summed E-state index contributed by atoms with van der Waals surface area (Å²) in [5, 5.41) is 2.94. The number of carbonyl (C=O) groups is 1. The summed E-state index contributed by atoms with van der Waals surface area (Å²) in [5.74, 6) is -0.293. The molecule has 1 amide bonds. The average Bonchev–Trinajstić information content (AvgIpc) is 2.56. The normalized spacial score (nSPS) is 11.2. The van der Waals surface area contributed by atoms with Gasteiger partial charge in [0.05, 0.1) is 17.8 Å². The van der Waals surface area contributed by atoms with Crippen molar-refractivity contribution in [1.29, 1.82) is 0 Å². The fraction of sp³-hybridized carbons (Fsp3) is 0.235. The van der Waals surface area contributed by atoms with Gasteiger partial charge in [-0.1, -0.05) is 37.6 Å². The van der Waals surface area contributed by atoms with Crippen LogP contribution in [0.3, 0.4) is 0 Å². The quantitative estimate of drug-likeness (QED) is 0.796. The van der Waals surface area contributed by atoms with Crippen LogP contribution in [-0.2, 0) is 14.8 Å². The Morgan fingerprint density at radius 2 is 1.84 bits per heavy atom. The van der Waals surface area contributed by atoms with Crippen LogP contribution in [-0.4, -0.2) is 21.4 Å². The first kappa shape index (κ1) is 19.1. The van der Waals surface area contributed by atoms with E-state index in [1.807, 2.05) is 0 Å². The minimum absolute atomic E-state index is 0.100. The molecule has 0 saturated carbocycles. The largest absolute Gasteiger partial charge is 0.495 e. The van der Waals surface area contributed by atoms with E-state index in [9.17, 15) is 13.2 Å². The van der Waals surface area contributed by atoms with Crippen LogP contribution in [0.2, 0.25) is 5.02 Å². The summed E-state index contributed by atoms with van der Waals surface area (Å²) >= 11 is 6.01. The van der Waals surface area contributed by atoms with Gasteiger partial charge in [0.2, 0.25) is 5.91 Å². The van der Waals surface area contributed by atoms with Gasteiger partial charge in [0.1, 0.15) is 10.6 Å². The lowest BCUT2D eigenvalue weighted by Gasteiger charge is -2.15. The highest BCUT2D eigenvalue weighted by molar-refractivity contribution is 7.92. The van der Waals surface area contributed by atoms with Crippen molar-refractivity contribution in [2.45, 2.75) is 18.7 Å². The second-order valence-electron chi connectivity index (χ2n) is 5.59. The Balaban J connectivity index is 2.41. The second kappa shape index (κ2) is 7.76. The third-order valence-electron chi connectivity index (χ3n) is 3.36. The number of ether oxygens (including phenoxy) is 1. The summed E-state index contributed by atoms with van der Waals surface area (Å²) in [5.41, 5.74) is 0.613. The third kappa shape index (κ3) is 4.64. The number of anilines is 2. The molecule has 0 bridgehead atoms. The van der Waals surface area contributed by atoms with Crippen molar-refractivity contribution in [3.63, 3.8) is 0 Å². The Labute approximate surface area is 152 Å². The number of nitrogens with one attached hydrogen (secondary N) is 2. The SMILES string of the molecule is COc1ccc(NC(=O)C(C)C)cc1S(=O)(=O)Nc1ccccc1Cl. The van der Waals surface area contributed by atoms with Crippen LogP contribution >= 0.6 is 11.6 Å². The molecule has 0 aliphatic heterocycles. The number of para-hydroxylation sites is 1. The van der Waals surface area contributed by atoms with Gasteiger partial charge < -0.3 is 10.1 Å². The molecular formula is C17H19ClN2O4S.